The Labute approximate surface area is 193 Å². The number of carbonyl (C=O) groups is 3. The maximum Gasteiger partial charge on any atom is 0.306 e. The van der Waals surface area contributed by atoms with E-state index in [-0.39, 0.29) is 42.1 Å². The molecule has 5 nitrogen and oxygen atoms in total. The van der Waals surface area contributed by atoms with Crippen molar-refractivity contribution in [2.45, 2.75) is 77.2 Å². The van der Waals surface area contributed by atoms with Gasteiger partial charge in [-0.05, 0) is 50.7 Å². The summed E-state index contributed by atoms with van der Waals surface area (Å²) >= 11 is 6.01. The zero-order chi connectivity index (χ0) is 23.7. The van der Waals surface area contributed by atoms with Crippen LogP contribution in [-0.4, -0.2) is 45.9 Å². The van der Waals surface area contributed by atoms with Crippen LogP contribution in [-0.2, 0) is 19.1 Å². The average molecular weight is 467 g/mol. The summed E-state index contributed by atoms with van der Waals surface area (Å²) in [5.41, 5.74) is -4.83. The molecule has 0 saturated heterocycles. The highest BCUT2D eigenvalue weighted by Crippen LogP contribution is 2.71. The van der Waals surface area contributed by atoms with E-state index in [9.17, 15) is 19.5 Å². The van der Waals surface area contributed by atoms with Crippen LogP contribution in [0.1, 0.15) is 59.8 Å². The van der Waals surface area contributed by atoms with Gasteiger partial charge in [0.05, 0.1) is 12.0 Å². The first-order valence-electron chi connectivity index (χ1n) is 11.5. The van der Waals surface area contributed by atoms with Gasteiger partial charge < -0.3 is 9.84 Å². The van der Waals surface area contributed by atoms with Gasteiger partial charge in [0.1, 0.15) is 0 Å². The van der Waals surface area contributed by atoms with E-state index < -0.39 is 40.1 Å². The zero-order valence-corrected chi connectivity index (χ0v) is 19.9. The molecule has 0 aromatic rings. The quantitative estimate of drug-likeness (QED) is 0.498. The van der Waals surface area contributed by atoms with Crippen LogP contribution in [0, 0.1) is 28.6 Å². The lowest BCUT2D eigenvalue weighted by Gasteiger charge is -2.62. The standard InChI is InChI=1S/C25H32ClFO5/c1-5-21(31)32-25(20(30)13-26)14(2)10-18-17-7-6-15-11-16(28)8-9-22(15,3)24(17,27)19(29)12-23(18,25)4/h8-9,11,14,17-19,29H,5-7,10,12-13H2,1-4H3/t14-,17+,18-,19+,22+,23-,24+,25+/m1/s1. The third-order valence-corrected chi connectivity index (χ3v) is 9.52. The smallest absolute Gasteiger partial charge is 0.306 e. The zero-order valence-electron chi connectivity index (χ0n) is 19.1. The number of rotatable bonds is 4. The number of hydrogen-bond donors (Lipinski definition) is 1. The summed E-state index contributed by atoms with van der Waals surface area (Å²) in [5, 5.41) is 11.4. The first-order valence-corrected chi connectivity index (χ1v) is 12.1. The highest BCUT2D eigenvalue weighted by molar-refractivity contribution is 6.29. The SMILES string of the molecule is CCC(=O)O[C@]1(C(=O)CCl)[C@H](C)C[C@@H]2[C@@H]3CCC4=CC(=O)C=C[C@]4(C)[C@@]3(F)[C@@H](O)C[C@]21C. The second kappa shape index (κ2) is 7.49. The first kappa shape index (κ1) is 23.6. The lowest BCUT2D eigenvalue weighted by Crippen LogP contribution is -2.70. The van der Waals surface area contributed by atoms with Crippen LogP contribution in [0.2, 0.25) is 0 Å². The molecule has 0 bridgehead atoms. The van der Waals surface area contributed by atoms with E-state index >= 15 is 4.39 Å². The number of allylic oxidation sites excluding steroid dienone is 4. The molecule has 176 valence electrons. The minimum absolute atomic E-state index is 0.0285. The van der Waals surface area contributed by atoms with Crippen LogP contribution in [0.4, 0.5) is 4.39 Å². The normalized spacial score (nSPS) is 47.2. The molecule has 3 fully saturated rings. The van der Waals surface area contributed by atoms with Gasteiger partial charge in [-0.1, -0.05) is 32.4 Å². The number of fused-ring (bicyclic) bond motifs is 5. The fraction of sp³-hybridized carbons (Fsp3) is 0.720. The van der Waals surface area contributed by atoms with Gasteiger partial charge in [-0.15, -0.1) is 11.6 Å². The van der Waals surface area contributed by atoms with Crippen molar-refractivity contribution in [3.05, 3.63) is 23.8 Å². The molecule has 0 aromatic carbocycles. The van der Waals surface area contributed by atoms with E-state index in [1.165, 1.54) is 12.2 Å². The summed E-state index contributed by atoms with van der Waals surface area (Å²) in [4.78, 5) is 37.7. The Bertz CT molecular complexity index is 929. The van der Waals surface area contributed by atoms with Crippen molar-refractivity contribution in [2.75, 3.05) is 5.88 Å². The maximum absolute atomic E-state index is 17.2. The van der Waals surface area contributed by atoms with Crippen LogP contribution in [0.15, 0.2) is 23.8 Å². The number of ketones is 2. The van der Waals surface area contributed by atoms with E-state index in [0.29, 0.717) is 24.8 Å². The molecule has 0 unspecified atom stereocenters. The lowest BCUT2D eigenvalue weighted by atomic mass is 9.44. The number of aliphatic hydroxyl groups is 1. The fourth-order valence-electron chi connectivity index (χ4n) is 7.75. The number of aliphatic hydroxyl groups excluding tert-OH is 1. The molecule has 0 heterocycles. The van der Waals surface area contributed by atoms with Crippen molar-refractivity contribution in [3.63, 3.8) is 0 Å². The molecule has 32 heavy (non-hydrogen) atoms. The molecule has 1 N–H and O–H groups in total. The average Bonchev–Trinajstić information content (AvgIpc) is 2.96. The second-order valence-electron chi connectivity index (χ2n) is 10.5. The number of esters is 1. The largest absolute Gasteiger partial charge is 0.450 e. The molecule has 0 amide bonds. The van der Waals surface area contributed by atoms with Gasteiger partial charge in [0.2, 0.25) is 0 Å². The van der Waals surface area contributed by atoms with Crippen LogP contribution in [0.5, 0.6) is 0 Å². The van der Waals surface area contributed by atoms with Crippen molar-refractivity contribution in [1.82, 2.24) is 0 Å². The Morgan fingerprint density at radius 1 is 1.31 bits per heavy atom. The molecule has 0 spiro atoms. The molecule has 0 radical (unpaired) electrons. The Morgan fingerprint density at radius 3 is 2.62 bits per heavy atom. The van der Waals surface area contributed by atoms with Gasteiger partial charge >= 0.3 is 5.97 Å². The molecule has 4 aliphatic rings. The van der Waals surface area contributed by atoms with Gasteiger partial charge in [-0.25, -0.2) is 4.39 Å². The van der Waals surface area contributed by atoms with Crippen LogP contribution >= 0.6 is 11.6 Å². The first-order chi connectivity index (χ1) is 14.9. The number of hydrogen-bond acceptors (Lipinski definition) is 5. The van der Waals surface area contributed by atoms with Crippen LogP contribution in [0.3, 0.4) is 0 Å². The fourth-order valence-corrected chi connectivity index (χ4v) is 7.95. The Morgan fingerprint density at radius 2 is 2.00 bits per heavy atom. The number of Topliss-reactive ketones (excluding diaryl/α,β-unsaturated/α-hetero) is 1. The molecule has 8 atom stereocenters. The molecular formula is C25H32ClFO5. The number of alkyl halides is 2. The van der Waals surface area contributed by atoms with Crippen molar-refractivity contribution >= 4 is 29.1 Å². The Balaban J connectivity index is 1.85. The van der Waals surface area contributed by atoms with Crippen LogP contribution in [0.25, 0.3) is 0 Å². The summed E-state index contributed by atoms with van der Waals surface area (Å²) in [7, 11) is 0. The minimum Gasteiger partial charge on any atom is -0.450 e. The van der Waals surface area contributed by atoms with E-state index in [1.54, 1.807) is 19.9 Å². The summed E-state index contributed by atoms with van der Waals surface area (Å²) < 4.78 is 23.1. The summed E-state index contributed by atoms with van der Waals surface area (Å²) in [6, 6.07) is 0. The van der Waals surface area contributed by atoms with Gasteiger partial charge in [0.15, 0.2) is 22.8 Å². The molecule has 3 saturated carbocycles. The number of ether oxygens (including phenoxy) is 1. The predicted molar refractivity (Wildman–Crippen MR) is 118 cm³/mol. The van der Waals surface area contributed by atoms with Gasteiger partial charge in [0, 0.05) is 29.1 Å². The van der Waals surface area contributed by atoms with Crippen molar-refractivity contribution in [3.8, 4) is 0 Å². The Kier molecular flexibility index (Phi) is 5.53. The van der Waals surface area contributed by atoms with E-state index in [0.717, 1.165) is 0 Å². The van der Waals surface area contributed by atoms with Crippen LogP contribution < -0.4 is 0 Å². The van der Waals surface area contributed by atoms with Gasteiger partial charge in [0.25, 0.3) is 0 Å². The monoisotopic (exact) mass is 466 g/mol. The molecule has 4 rings (SSSR count). The Hall–Kier alpha value is -1.53. The highest BCUT2D eigenvalue weighted by atomic mass is 35.5. The molecule has 4 aliphatic carbocycles. The van der Waals surface area contributed by atoms with Gasteiger partial charge in [-0.3, -0.25) is 14.4 Å². The van der Waals surface area contributed by atoms with Crippen molar-refractivity contribution < 1.29 is 28.6 Å². The lowest BCUT2D eigenvalue weighted by molar-refractivity contribution is -0.227. The maximum atomic E-state index is 17.2. The van der Waals surface area contributed by atoms with E-state index in [2.05, 4.69) is 0 Å². The number of carbonyl (C=O) groups excluding carboxylic acids is 3. The minimum atomic E-state index is -1.99. The molecule has 0 aliphatic heterocycles. The van der Waals surface area contributed by atoms with Crippen molar-refractivity contribution in [1.29, 1.82) is 0 Å². The highest BCUT2D eigenvalue weighted by Gasteiger charge is 2.77. The van der Waals surface area contributed by atoms with E-state index in [4.69, 9.17) is 16.3 Å². The number of halogens is 2. The molecule has 7 heteroatoms. The summed E-state index contributed by atoms with van der Waals surface area (Å²) in [5.74, 6) is -2.57. The third-order valence-electron chi connectivity index (χ3n) is 9.28. The third kappa shape index (κ3) is 2.68. The van der Waals surface area contributed by atoms with Crippen molar-refractivity contribution in [2.24, 2.45) is 28.6 Å². The topological polar surface area (TPSA) is 80.7 Å². The summed E-state index contributed by atoms with van der Waals surface area (Å²) in [6.07, 6.45) is 4.67. The predicted octanol–water partition coefficient (Wildman–Crippen LogP) is 4.10. The van der Waals surface area contributed by atoms with E-state index in [1.807, 2.05) is 13.8 Å². The second-order valence-corrected chi connectivity index (χ2v) is 10.8. The molecular weight excluding hydrogens is 435 g/mol. The van der Waals surface area contributed by atoms with Gasteiger partial charge in [-0.2, -0.15) is 0 Å². The summed E-state index contributed by atoms with van der Waals surface area (Å²) in [6.45, 7) is 7.13. The molecule has 0 aromatic heterocycles.